The molecule has 2 heterocycles. The fourth-order valence-corrected chi connectivity index (χ4v) is 3.56. The first-order valence-electron chi connectivity index (χ1n) is 6.80. The summed E-state index contributed by atoms with van der Waals surface area (Å²) in [6.45, 7) is 3.08. The summed E-state index contributed by atoms with van der Waals surface area (Å²) in [6.07, 6.45) is 1.11. The summed E-state index contributed by atoms with van der Waals surface area (Å²) in [7, 11) is 0. The molecule has 102 valence electrons. The lowest BCUT2D eigenvalue weighted by Gasteiger charge is -2.24. The van der Waals surface area contributed by atoms with Crippen LogP contribution in [0.3, 0.4) is 0 Å². The number of para-hydroxylation sites is 1. The van der Waals surface area contributed by atoms with Crippen molar-refractivity contribution in [2.75, 3.05) is 11.5 Å². The molecule has 0 fully saturated rings. The zero-order valence-corrected chi connectivity index (χ0v) is 12.3. The van der Waals surface area contributed by atoms with Crippen LogP contribution in [0.4, 0.5) is 5.69 Å². The Morgan fingerprint density at radius 3 is 3.05 bits per heavy atom. The van der Waals surface area contributed by atoms with Crippen LogP contribution in [0.25, 0.3) is 0 Å². The van der Waals surface area contributed by atoms with Crippen LogP contribution in [0.1, 0.15) is 22.9 Å². The molecular formula is C17H17NOS. The summed E-state index contributed by atoms with van der Waals surface area (Å²) in [6, 6.07) is 11.2. The molecule has 2 aromatic rings. The molecule has 1 aliphatic heterocycles. The van der Waals surface area contributed by atoms with Gasteiger partial charge in [0.2, 0.25) is 0 Å². The second-order valence-corrected chi connectivity index (χ2v) is 6.03. The van der Waals surface area contributed by atoms with Crippen molar-refractivity contribution in [2.45, 2.75) is 25.9 Å². The van der Waals surface area contributed by atoms with Gasteiger partial charge in [0.15, 0.2) is 0 Å². The first-order valence-corrected chi connectivity index (χ1v) is 7.68. The molecule has 1 atom stereocenters. The zero-order valence-electron chi connectivity index (χ0n) is 11.5. The Hall–Kier alpha value is -1.76. The molecule has 1 aliphatic rings. The first-order chi connectivity index (χ1) is 9.79. The van der Waals surface area contributed by atoms with E-state index in [1.165, 1.54) is 16.1 Å². The van der Waals surface area contributed by atoms with Crippen molar-refractivity contribution in [3.63, 3.8) is 0 Å². The van der Waals surface area contributed by atoms with E-state index < -0.39 is 0 Å². The smallest absolute Gasteiger partial charge is 0.104 e. The molecule has 0 saturated carbocycles. The first kappa shape index (κ1) is 13.2. The number of hydrogen-bond acceptors (Lipinski definition) is 3. The SMILES string of the molecule is CC1Cc2ccccc2N1Cc1sccc1C#CCO. The Balaban J connectivity index is 1.87. The van der Waals surface area contributed by atoms with Crippen molar-refractivity contribution in [1.82, 2.24) is 0 Å². The number of fused-ring (bicyclic) bond motifs is 1. The van der Waals surface area contributed by atoms with E-state index in [1.54, 1.807) is 11.3 Å². The second-order valence-electron chi connectivity index (χ2n) is 5.03. The highest BCUT2D eigenvalue weighted by atomic mass is 32.1. The molecule has 1 aromatic carbocycles. The van der Waals surface area contributed by atoms with Gasteiger partial charge in [-0.2, -0.15) is 0 Å². The monoisotopic (exact) mass is 283 g/mol. The van der Waals surface area contributed by atoms with Crippen LogP contribution in [0.2, 0.25) is 0 Å². The third-order valence-electron chi connectivity index (χ3n) is 3.71. The van der Waals surface area contributed by atoms with Crippen molar-refractivity contribution >= 4 is 17.0 Å². The van der Waals surface area contributed by atoms with E-state index in [-0.39, 0.29) is 6.61 Å². The van der Waals surface area contributed by atoms with Crippen molar-refractivity contribution in [2.24, 2.45) is 0 Å². The molecule has 0 amide bonds. The van der Waals surface area contributed by atoms with Gasteiger partial charge in [-0.25, -0.2) is 0 Å². The largest absolute Gasteiger partial charge is 0.384 e. The lowest BCUT2D eigenvalue weighted by molar-refractivity contribution is 0.350. The highest BCUT2D eigenvalue weighted by Crippen LogP contribution is 2.34. The summed E-state index contributed by atoms with van der Waals surface area (Å²) in [5.41, 5.74) is 3.81. The Kier molecular flexibility index (Phi) is 3.77. The second kappa shape index (κ2) is 5.70. The molecule has 1 unspecified atom stereocenters. The minimum absolute atomic E-state index is 0.0851. The van der Waals surface area contributed by atoms with E-state index in [0.29, 0.717) is 6.04 Å². The van der Waals surface area contributed by atoms with Crippen molar-refractivity contribution in [3.8, 4) is 11.8 Å². The summed E-state index contributed by atoms with van der Waals surface area (Å²) in [4.78, 5) is 3.72. The van der Waals surface area contributed by atoms with E-state index in [9.17, 15) is 0 Å². The third kappa shape index (κ3) is 2.45. The molecule has 0 aliphatic carbocycles. The summed E-state index contributed by atoms with van der Waals surface area (Å²) < 4.78 is 0. The van der Waals surface area contributed by atoms with Gasteiger partial charge in [-0.3, -0.25) is 0 Å². The molecule has 3 rings (SSSR count). The Labute approximate surface area is 123 Å². The normalized spacial score (nSPS) is 16.7. The van der Waals surface area contributed by atoms with E-state index >= 15 is 0 Å². The van der Waals surface area contributed by atoms with Gasteiger partial charge in [0, 0.05) is 22.2 Å². The standard InChI is InChI=1S/C17H17NOS/c1-13-11-15-5-2-3-7-16(15)18(13)12-17-14(6-4-9-19)8-10-20-17/h2-3,5,7-8,10,13,19H,9,11-12H2,1H3. The van der Waals surface area contributed by atoms with E-state index in [2.05, 4.69) is 53.3 Å². The zero-order chi connectivity index (χ0) is 13.9. The van der Waals surface area contributed by atoms with Gasteiger partial charge in [-0.05, 0) is 36.4 Å². The van der Waals surface area contributed by atoms with Gasteiger partial charge in [-0.1, -0.05) is 30.0 Å². The Bertz CT molecular complexity index is 665. The topological polar surface area (TPSA) is 23.5 Å². The van der Waals surface area contributed by atoms with E-state index in [0.717, 1.165) is 18.5 Å². The summed E-state index contributed by atoms with van der Waals surface area (Å²) >= 11 is 1.74. The van der Waals surface area contributed by atoms with Gasteiger partial charge in [0.1, 0.15) is 6.61 Å². The molecule has 0 bridgehead atoms. The molecule has 0 saturated heterocycles. The molecule has 3 heteroatoms. The maximum Gasteiger partial charge on any atom is 0.104 e. The van der Waals surface area contributed by atoms with Crippen LogP contribution in [0.15, 0.2) is 35.7 Å². The highest BCUT2D eigenvalue weighted by molar-refractivity contribution is 7.10. The molecule has 0 spiro atoms. The fourth-order valence-electron chi connectivity index (χ4n) is 2.73. The molecule has 1 N–H and O–H groups in total. The Morgan fingerprint density at radius 2 is 2.20 bits per heavy atom. The van der Waals surface area contributed by atoms with Crippen LogP contribution < -0.4 is 4.90 Å². The van der Waals surface area contributed by atoms with Crippen molar-refractivity contribution < 1.29 is 5.11 Å². The van der Waals surface area contributed by atoms with Gasteiger partial charge in [-0.15, -0.1) is 11.3 Å². The van der Waals surface area contributed by atoms with Gasteiger partial charge < -0.3 is 10.0 Å². The molecule has 0 radical (unpaired) electrons. The summed E-state index contributed by atoms with van der Waals surface area (Å²) in [5, 5.41) is 10.9. The van der Waals surface area contributed by atoms with Crippen LogP contribution >= 0.6 is 11.3 Å². The van der Waals surface area contributed by atoms with Crippen molar-refractivity contribution in [3.05, 3.63) is 51.7 Å². The molecular weight excluding hydrogens is 266 g/mol. The minimum atomic E-state index is -0.0851. The number of anilines is 1. The lowest BCUT2D eigenvalue weighted by atomic mass is 10.1. The average molecular weight is 283 g/mol. The lowest BCUT2D eigenvalue weighted by Crippen LogP contribution is -2.28. The molecule has 20 heavy (non-hydrogen) atoms. The number of nitrogens with zero attached hydrogens (tertiary/aromatic N) is 1. The van der Waals surface area contributed by atoms with Crippen LogP contribution in [0, 0.1) is 11.8 Å². The van der Waals surface area contributed by atoms with E-state index in [4.69, 9.17) is 5.11 Å². The average Bonchev–Trinajstić information content (AvgIpc) is 3.02. The number of aliphatic hydroxyl groups is 1. The van der Waals surface area contributed by atoms with Crippen molar-refractivity contribution in [1.29, 1.82) is 0 Å². The maximum absolute atomic E-state index is 8.83. The minimum Gasteiger partial charge on any atom is -0.384 e. The summed E-state index contributed by atoms with van der Waals surface area (Å²) in [5.74, 6) is 5.78. The Morgan fingerprint density at radius 1 is 1.35 bits per heavy atom. The maximum atomic E-state index is 8.83. The number of thiophene rings is 1. The van der Waals surface area contributed by atoms with Crippen LogP contribution in [-0.2, 0) is 13.0 Å². The number of benzene rings is 1. The number of hydrogen-bond donors (Lipinski definition) is 1. The fraction of sp³-hybridized carbons (Fsp3) is 0.294. The number of aliphatic hydroxyl groups excluding tert-OH is 1. The quantitative estimate of drug-likeness (QED) is 0.856. The highest BCUT2D eigenvalue weighted by Gasteiger charge is 2.26. The number of rotatable bonds is 2. The molecule has 2 nitrogen and oxygen atoms in total. The van der Waals surface area contributed by atoms with Crippen LogP contribution in [0.5, 0.6) is 0 Å². The third-order valence-corrected chi connectivity index (χ3v) is 4.62. The predicted octanol–water partition coefficient (Wildman–Crippen LogP) is 3.04. The van der Waals surface area contributed by atoms with Gasteiger partial charge >= 0.3 is 0 Å². The van der Waals surface area contributed by atoms with E-state index in [1.807, 2.05) is 6.07 Å². The predicted molar refractivity (Wildman–Crippen MR) is 84.1 cm³/mol. The molecule has 1 aromatic heterocycles. The van der Waals surface area contributed by atoms with Crippen LogP contribution in [-0.4, -0.2) is 17.8 Å². The van der Waals surface area contributed by atoms with Gasteiger partial charge in [0.25, 0.3) is 0 Å². The van der Waals surface area contributed by atoms with Gasteiger partial charge in [0.05, 0.1) is 6.54 Å².